The number of rotatable bonds is 7. The summed E-state index contributed by atoms with van der Waals surface area (Å²) in [4.78, 5) is 13.5. The van der Waals surface area contributed by atoms with Crippen LogP contribution in [0.3, 0.4) is 0 Å². The van der Waals surface area contributed by atoms with Crippen molar-refractivity contribution in [3.63, 3.8) is 0 Å². The summed E-state index contributed by atoms with van der Waals surface area (Å²) in [5.74, 6) is 0.546. The molecule has 2 heterocycles. The first-order valence-electron chi connectivity index (χ1n) is 10.2. The first kappa shape index (κ1) is 22.7. The molecule has 1 aliphatic heterocycles. The van der Waals surface area contributed by atoms with Gasteiger partial charge in [0.25, 0.3) is 0 Å². The van der Waals surface area contributed by atoms with E-state index in [1.807, 2.05) is 42.5 Å². The van der Waals surface area contributed by atoms with Crippen LogP contribution in [-0.2, 0) is 4.79 Å². The zero-order valence-electron chi connectivity index (χ0n) is 17.2. The monoisotopic (exact) mass is 442 g/mol. The molecule has 4 rings (SSSR count). The van der Waals surface area contributed by atoms with Crippen LogP contribution in [0.1, 0.15) is 12.8 Å². The number of nitrogens with zero attached hydrogens (tertiary/aromatic N) is 2. The third-order valence-corrected chi connectivity index (χ3v) is 5.63. The molecule has 0 bridgehead atoms. The Morgan fingerprint density at radius 3 is 2.58 bits per heavy atom. The van der Waals surface area contributed by atoms with Crippen LogP contribution >= 0.6 is 12.4 Å². The summed E-state index contributed by atoms with van der Waals surface area (Å²) in [6.07, 6.45) is 3.37. The lowest BCUT2D eigenvalue weighted by atomic mass is 9.96. The molecule has 1 aliphatic rings. The summed E-state index contributed by atoms with van der Waals surface area (Å²) in [6.45, 7) is 2.98. The maximum absolute atomic E-state index is 11.3. The molecule has 2 aromatic carbocycles. The summed E-state index contributed by atoms with van der Waals surface area (Å²) in [6, 6.07) is 15.2. The second kappa shape index (κ2) is 10.3. The Labute approximate surface area is 187 Å². The Morgan fingerprint density at radius 1 is 1.16 bits per heavy atom. The van der Waals surface area contributed by atoms with Crippen LogP contribution in [0, 0.1) is 5.92 Å². The predicted molar refractivity (Wildman–Crippen MR) is 122 cm³/mol. The van der Waals surface area contributed by atoms with Gasteiger partial charge >= 0.3 is 0 Å². The number of H-pyrrole nitrogens is 1. The van der Waals surface area contributed by atoms with Crippen LogP contribution in [0.4, 0.5) is 0 Å². The minimum atomic E-state index is -0.200. The van der Waals surface area contributed by atoms with E-state index in [0.29, 0.717) is 17.9 Å². The van der Waals surface area contributed by atoms with Gasteiger partial charge in [-0.1, -0.05) is 30.3 Å². The van der Waals surface area contributed by atoms with Crippen molar-refractivity contribution in [1.82, 2.24) is 15.1 Å². The van der Waals surface area contributed by atoms with Gasteiger partial charge in [0.15, 0.2) is 0 Å². The predicted octanol–water partition coefficient (Wildman–Crippen LogP) is 3.45. The smallest absolute Gasteiger partial charge is 0.220 e. The Hall–Kier alpha value is -3.03. The summed E-state index contributed by atoms with van der Waals surface area (Å²) in [7, 11) is 0. The van der Waals surface area contributed by atoms with Gasteiger partial charge in [0, 0.05) is 29.7 Å². The molecular formula is C23H27ClN4O3. The van der Waals surface area contributed by atoms with E-state index >= 15 is 0 Å². The zero-order chi connectivity index (χ0) is 20.9. The highest BCUT2D eigenvalue weighted by Gasteiger charge is 2.22. The zero-order valence-corrected chi connectivity index (χ0v) is 18.0. The van der Waals surface area contributed by atoms with Gasteiger partial charge in [0.2, 0.25) is 5.91 Å². The average Bonchev–Trinajstić information content (AvgIpc) is 3.24. The average molecular weight is 443 g/mol. The highest BCUT2D eigenvalue weighted by molar-refractivity contribution is 5.85. The van der Waals surface area contributed by atoms with E-state index in [1.54, 1.807) is 12.3 Å². The Balaban J connectivity index is 0.00000272. The number of hydrogen-bond donors (Lipinski definition) is 3. The number of benzene rings is 2. The third kappa shape index (κ3) is 5.37. The Morgan fingerprint density at radius 2 is 1.90 bits per heavy atom. The number of carbonyl (C=O) groups is 1. The number of primary amides is 1. The summed E-state index contributed by atoms with van der Waals surface area (Å²) >= 11 is 0. The number of aromatic nitrogens is 2. The van der Waals surface area contributed by atoms with Gasteiger partial charge in [-0.3, -0.25) is 14.8 Å². The number of nitrogens with two attached hydrogens (primary N) is 1. The highest BCUT2D eigenvalue weighted by atomic mass is 35.5. The normalized spacial score (nSPS) is 14.7. The van der Waals surface area contributed by atoms with E-state index in [4.69, 9.17) is 10.5 Å². The topological polar surface area (TPSA) is 104 Å². The second-order valence-corrected chi connectivity index (χ2v) is 7.57. The number of piperidine rings is 1. The largest absolute Gasteiger partial charge is 0.507 e. The quantitative estimate of drug-likeness (QED) is 0.519. The standard InChI is InChI=1S/C23H26N4O3.ClH/c24-23(29)17-8-10-27(11-9-17)12-13-30-18-6-7-19(21(28)14-18)22-20(15-25-26-22)16-4-2-1-3-5-16;/h1-7,14-15,17,28H,8-13H2,(H2,24,29)(H,25,26);1H. The van der Waals surface area contributed by atoms with E-state index < -0.39 is 0 Å². The fraction of sp³-hybridized carbons (Fsp3) is 0.304. The van der Waals surface area contributed by atoms with E-state index in [0.717, 1.165) is 49.3 Å². The molecule has 0 spiro atoms. The Kier molecular flexibility index (Phi) is 7.55. The van der Waals surface area contributed by atoms with E-state index in [-0.39, 0.29) is 30.0 Å². The molecule has 1 saturated heterocycles. The molecule has 0 unspecified atom stereocenters. The molecule has 1 aromatic heterocycles. The fourth-order valence-electron chi connectivity index (χ4n) is 3.87. The number of carbonyl (C=O) groups excluding carboxylic acids is 1. The molecule has 164 valence electrons. The summed E-state index contributed by atoms with van der Waals surface area (Å²) in [5, 5.41) is 17.7. The minimum absolute atomic E-state index is 0. The molecular weight excluding hydrogens is 416 g/mol. The lowest BCUT2D eigenvalue weighted by Crippen LogP contribution is -2.40. The van der Waals surface area contributed by atoms with Crippen molar-refractivity contribution in [3.05, 3.63) is 54.7 Å². The SMILES string of the molecule is Cl.NC(=O)C1CCN(CCOc2ccc(-c3[nH]ncc3-c3ccccc3)c(O)c2)CC1. The number of aromatic amines is 1. The molecule has 4 N–H and O–H groups in total. The lowest BCUT2D eigenvalue weighted by molar-refractivity contribution is -0.123. The molecule has 0 atom stereocenters. The van der Waals surface area contributed by atoms with Gasteiger partial charge < -0.3 is 15.6 Å². The van der Waals surface area contributed by atoms with Crippen LogP contribution in [-0.4, -0.2) is 52.4 Å². The van der Waals surface area contributed by atoms with Crippen LogP contribution < -0.4 is 10.5 Å². The second-order valence-electron chi connectivity index (χ2n) is 7.57. The molecule has 1 fully saturated rings. The number of phenols is 1. The number of phenolic OH excluding ortho intramolecular Hbond substituents is 1. The van der Waals surface area contributed by atoms with Crippen molar-refractivity contribution < 1.29 is 14.6 Å². The first-order valence-corrected chi connectivity index (χ1v) is 10.2. The molecule has 0 saturated carbocycles. The number of amides is 1. The molecule has 1 amide bonds. The number of ether oxygens (including phenoxy) is 1. The van der Waals surface area contributed by atoms with E-state index in [1.165, 1.54) is 0 Å². The van der Waals surface area contributed by atoms with E-state index in [2.05, 4.69) is 15.1 Å². The van der Waals surface area contributed by atoms with Crippen molar-refractivity contribution in [3.8, 4) is 33.9 Å². The van der Waals surface area contributed by atoms with Crippen LogP contribution in [0.25, 0.3) is 22.4 Å². The van der Waals surface area contributed by atoms with Gasteiger partial charge in [0.05, 0.1) is 11.9 Å². The van der Waals surface area contributed by atoms with Crippen molar-refractivity contribution in [2.75, 3.05) is 26.2 Å². The maximum Gasteiger partial charge on any atom is 0.220 e. The number of aromatic hydroxyl groups is 1. The number of likely N-dealkylation sites (tertiary alicyclic amines) is 1. The van der Waals surface area contributed by atoms with Crippen molar-refractivity contribution in [1.29, 1.82) is 0 Å². The summed E-state index contributed by atoms with van der Waals surface area (Å²) in [5.41, 5.74) is 8.78. The maximum atomic E-state index is 11.3. The highest BCUT2D eigenvalue weighted by Crippen LogP contribution is 2.36. The van der Waals surface area contributed by atoms with Gasteiger partial charge in [-0.25, -0.2) is 0 Å². The molecule has 31 heavy (non-hydrogen) atoms. The Bertz CT molecular complexity index is 1000. The van der Waals surface area contributed by atoms with Gasteiger partial charge in [0.1, 0.15) is 18.1 Å². The molecule has 3 aromatic rings. The lowest BCUT2D eigenvalue weighted by Gasteiger charge is -2.30. The minimum Gasteiger partial charge on any atom is -0.507 e. The molecule has 0 radical (unpaired) electrons. The molecule has 0 aliphatic carbocycles. The third-order valence-electron chi connectivity index (χ3n) is 5.63. The summed E-state index contributed by atoms with van der Waals surface area (Å²) < 4.78 is 5.83. The fourth-order valence-corrected chi connectivity index (χ4v) is 3.87. The van der Waals surface area contributed by atoms with Crippen molar-refractivity contribution >= 4 is 18.3 Å². The molecule has 7 nitrogen and oxygen atoms in total. The number of nitrogens with one attached hydrogen (secondary N) is 1. The van der Waals surface area contributed by atoms with Crippen molar-refractivity contribution in [2.24, 2.45) is 11.7 Å². The van der Waals surface area contributed by atoms with Gasteiger partial charge in [-0.05, 0) is 43.6 Å². The van der Waals surface area contributed by atoms with Crippen LogP contribution in [0.5, 0.6) is 11.5 Å². The first-order chi connectivity index (χ1) is 14.6. The van der Waals surface area contributed by atoms with Gasteiger partial charge in [-0.15, -0.1) is 12.4 Å². The van der Waals surface area contributed by atoms with Gasteiger partial charge in [-0.2, -0.15) is 5.10 Å². The number of halogens is 1. The van der Waals surface area contributed by atoms with Crippen molar-refractivity contribution in [2.45, 2.75) is 12.8 Å². The molecule has 8 heteroatoms. The van der Waals surface area contributed by atoms with Crippen LogP contribution in [0.15, 0.2) is 54.7 Å². The van der Waals surface area contributed by atoms with Crippen LogP contribution in [0.2, 0.25) is 0 Å². The number of hydrogen-bond acceptors (Lipinski definition) is 5. The van der Waals surface area contributed by atoms with E-state index in [9.17, 15) is 9.90 Å².